The molecule has 0 aliphatic carbocycles. The molecule has 1 aromatic rings. The fourth-order valence-corrected chi connectivity index (χ4v) is 3.08. The number of carbonyl (C=O) groups is 1. The molecule has 0 bridgehead atoms. The van der Waals surface area contributed by atoms with Gasteiger partial charge in [-0.2, -0.15) is 0 Å². The van der Waals surface area contributed by atoms with Gasteiger partial charge in [-0.05, 0) is 38.9 Å². The van der Waals surface area contributed by atoms with E-state index < -0.39 is 0 Å². The summed E-state index contributed by atoms with van der Waals surface area (Å²) >= 11 is 0. The van der Waals surface area contributed by atoms with Gasteiger partial charge in [0.1, 0.15) is 0 Å². The first kappa shape index (κ1) is 17.0. The number of hydrogen-bond donors (Lipinski definition) is 1. The maximum atomic E-state index is 12.2. The third-order valence-corrected chi connectivity index (χ3v) is 4.43. The lowest BCUT2D eigenvalue weighted by Crippen LogP contribution is -2.44. The first-order chi connectivity index (χ1) is 10.6. The van der Waals surface area contributed by atoms with Crippen molar-refractivity contribution in [3.63, 3.8) is 0 Å². The van der Waals surface area contributed by atoms with Crippen LogP contribution >= 0.6 is 0 Å². The van der Waals surface area contributed by atoms with Crippen LogP contribution < -0.4 is 5.32 Å². The number of nitrogens with one attached hydrogen (secondary N) is 1. The molecule has 1 aliphatic rings. The summed E-state index contributed by atoms with van der Waals surface area (Å²) in [6, 6.07) is 8.72. The predicted octanol–water partition coefficient (Wildman–Crippen LogP) is 2.03. The highest BCUT2D eigenvalue weighted by atomic mass is 16.2. The molecule has 0 radical (unpaired) electrons. The maximum absolute atomic E-state index is 12.2. The molecular formula is C18H29N3O. The molecule has 0 saturated carbocycles. The van der Waals surface area contributed by atoms with Gasteiger partial charge in [0, 0.05) is 25.7 Å². The molecule has 122 valence electrons. The second kappa shape index (κ2) is 8.30. The Kier molecular flexibility index (Phi) is 6.40. The molecule has 1 atom stereocenters. The highest BCUT2D eigenvalue weighted by Gasteiger charge is 2.22. The van der Waals surface area contributed by atoms with E-state index in [1.807, 2.05) is 6.07 Å². The van der Waals surface area contributed by atoms with Gasteiger partial charge in [0.25, 0.3) is 0 Å². The first-order valence-corrected chi connectivity index (χ1v) is 8.37. The van der Waals surface area contributed by atoms with E-state index in [-0.39, 0.29) is 5.91 Å². The number of nitrogens with zero attached hydrogens (tertiary/aromatic N) is 2. The average molecular weight is 303 g/mol. The molecule has 2 rings (SSSR count). The van der Waals surface area contributed by atoms with Gasteiger partial charge >= 0.3 is 0 Å². The van der Waals surface area contributed by atoms with Gasteiger partial charge in [0.15, 0.2) is 0 Å². The maximum Gasteiger partial charge on any atom is 0.234 e. The highest BCUT2D eigenvalue weighted by molar-refractivity contribution is 5.78. The van der Waals surface area contributed by atoms with Crippen LogP contribution in [0.15, 0.2) is 24.3 Å². The van der Waals surface area contributed by atoms with E-state index in [1.165, 1.54) is 5.56 Å². The SMILES string of the molecule is CCN1CCCN(CC(=O)NCc2cccc(C)c2)C(C)C1. The van der Waals surface area contributed by atoms with Crippen LogP contribution in [0.1, 0.15) is 31.4 Å². The lowest BCUT2D eigenvalue weighted by molar-refractivity contribution is -0.122. The van der Waals surface area contributed by atoms with Gasteiger partial charge in [0.05, 0.1) is 6.54 Å². The van der Waals surface area contributed by atoms with Gasteiger partial charge in [-0.1, -0.05) is 36.8 Å². The van der Waals surface area contributed by atoms with Crippen molar-refractivity contribution in [2.75, 3.05) is 32.7 Å². The van der Waals surface area contributed by atoms with Crippen molar-refractivity contribution in [2.24, 2.45) is 0 Å². The molecule has 1 aromatic carbocycles. The second-order valence-corrected chi connectivity index (χ2v) is 6.33. The minimum absolute atomic E-state index is 0.123. The van der Waals surface area contributed by atoms with Crippen molar-refractivity contribution in [3.8, 4) is 0 Å². The van der Waals surface area contributed by atoms with Crippen molar-refractivity contribution in [1.82, 2.24) is 15.1 Å². The third-order valence-electron chi connectivity index (χ3n) is 4.43. The van der Waals surface area contributed by atoms with Crippen LogP contribution in [0.4, 0.5) is 0 Å². The normalized spacial score (nSPS) is 20.6. The summed E-state index contributed by atoms with van der Waals surface area (Å²) < 4.78 is 0. The molecule has 1 aliphatic heterocycles. The predicted molar refractivity (Wildman–Crippen MR) is 90.8 cm³/mol. The zero-order valence-electron chi connectivity index (χ0n) is 14.1. The zero-order chi connectivity index (χ0) is 15.9. The largest absolute Gasteiger partial charge is 0.351 e. The molecule has 0 aromatic heterocycles. The zero-order valence-corrected chi connectivity index (χ0v) is 14.1. The van der Waals surface area contributed by atoms with Gasteiger partial charge in [-0.15, -0.1) is 0 Å². The van der Waals surface area contributed by atoms with E-state index in [4.69, 9.17) is 0 Å². The first-order valence-electron chi connectivity index (χ1n) is 8.37. The Labute approximate surface area is 134 Å². The Morgan fingerprint density at radius 1 is 1.36 bits per heavy atom. The lowest BCUT2D eigenvalue weighted by Gasteiger charge is -2.28. The molecule has 1 unspecified atom stereocenters. The van der Waals surface area contributed by atoms with Crippen molar-refractivity contribution < 1.29 is 4.79 Å². The topological polar surface area (TPSA) is 35.6 Å². The Morgan fingerprint density at radius 3 is 2.91 bits per heavy atom. The van der Waals surface area contributed by atoms with Crippen LogP contribution in [0.25, 0.3) is 0 Å². The molecule has 4 nitrogen and oxygen atoms in total. The molecule has 1 fully saturated rings. The Morgan fingerprint density at radius 2 is 2.18 bits per heavy atom. The van der Waals surface area contributed by atoms with E-state index in [0.29, 0.717) is 19.1 Å². The number of benzene rings is 1. The fourth-order valence-electron chi connectivity index (χ4n) is 3.08. The summed E-state index contributed by atoms with van der Waals surface area (Å²) in [5.74, 6) is 0.123. The minimum Gasteiger partial charge on any atom is -0.351 e. The summed E-state index contributed by atoms with van der Waals surface area (Å²) in [4.78, 5) is 17.0. The molecule has 1 heterocycles. The quantitative estimate of drug-likeness (QED) is 0.904. The van der Waals surface area contributed by atoms with Crippen molar-refractivity contribution in [2.45, 2.75) is 39.8 Å². The number of likely N-dealkylation sites (N-methyl/N-ethyl adjacent to an activating group) is 1. The Bertz CT molecular complexity index is 489. The average Bonchev–Trinajstić information content (AvgIpc) is 2.67. The number of aryl methyl sites for hydroxylation is 1. The smallest absolute Gasteiger partial charge is 0.234 e. The van der Waals surface area contributed by atoms with Crippen LogP contribution in [0.2, 0.25) is 0 Å². The summed E-state index contributed by atoms with van der Waals surface area (Å²) in [6.07, 6.45) is 1.14. The van der Waals surface area contributed by atoms with Crippen molar-refractivity contribution in [1.29, 1.82) is 0 Å². The number of hydrogen-bond acceptors (Lipinski definition) is 3. The van der Waals surface area contributed by atoms with E-state index in [9.17, 15) is 4.79 Å². The molecule has 1 amide bonds. The number of amides is 1. The fraction of sp³-hybridized carbons (Fsp3) is 0.611. The summed E-state index contributed by atoms with van der Waals surface area (Å²) in [6.45, 7) is 11.9. The summed E-state index contributed by atoms with van der Waals surface area (Å²) in [5, 5.41) is 3.05. The standard InChI is InChI=1S/C18H29N3O/c1-4-20-9-6-10-21(16(3)13-20)14-18(22)19-12-17-8-5-7-15(2)11-17/h5,7-8,11,16H,4,6,9-10,12-14H2,1-3H3,(H,19,22). The van der Waals surface area contributed by atoms with Gasteiger partial charge in [-0.25, -0.2) is 0 Å². The molecule has 4 heteroatoms. The minimum atomic E-state index is 0.123. The van der Waals surface area contributed by atoms with E-state index in [2.05, 4.69) is 54.1 Å². The molecule has 1 N–H and O–H groups in total. The Hall–Kier alpha value is -1.39. The summed E-state index contributed by atoms with van der Waals surface area (Å²) in [7, 11) is 0. The van der Waals surface area contributed by atoms with Crippen LogP contribution in [0.3, 0.4) is 0 Å². The van der Waals surface area contributed by atoms with Crippen LogP contribution in [-0.2, 0) is 11.3 Å². The second-order valence-electron chi connectivity index (χ2n) is 6.33. The van der Waals surface area contributed by atoms with Crippen molar-refractivity contribution >= 4 is 5.91 Å². The van der Waals surface area contributed by atoms with Crippen LogP contribution in [0, 0.1) is 6.92 Å². The number of rotatable bonds is 5. The highest BCUT2D eigenvalue weighted by Crippen LogP contribution is 2.09. The molecule has 22 heavy (non-hydrogen) atoms. The Balaban J connectivity index is 1.81. The molecular weight excluding hydrogens is 274 g/mol. The van der Waals surface area contributed by atoms with Crippen LogP contribution in [0.5, 0.6) is 0 Å². The molecule has 0 spiro atoms. The van der Waals surface area contributed by atoms with E-state index in [0.717, 1.165) is 38.2 Å². The van der Waals surface area contributed by atoms with E-state index in [1.54, 1.807) is 0 Å². The summed E-state index contributed by atoms with van der Waals surface area (Å²) in [5.41, 5.74) is 2.39. The third kappa shape index (κ3) is 5.11. The van der Waals surface area contributed by atoms with Gasteiger partial charge < -0.3 is 10.2 Å². The van der Waals surface area contributed by atoms with E-state index >= 15 is 0 Å². The molecule has 1 saturated heterocycles. The monoisotopic (exact) mass is 303 g/mol. The van der Waals surface area contributed by atoms with Crippen LogP contribution in [-0.4, -0.2) is 54.5 Å². The van der Waals surface area contributed by atoms with Gasteiger partial charge in [0.2, 0.25) is 5.91 Å². The van der Waals surface area contributed by atoms with Gasteiger partial charge in [-0.3, -0.25) is 9.69 Å². The number of carbonyl (C=O) groups excluding carboxylic acids is 1. The van der Waals surface area contributed by atoms with Crippen molar-refractivity contribution in [3.05, 3.63) is 35.4 Å². The lowest BCUT2D eigenvalue weighted by atomic mass is 10.1.